The van der Waals surface area contributed by atoms with Crippen molar-refractivity contribution in [3.05, 3.63) is 56.2 Å². The summed E-state index contributed by atoms with van der Waals surface area (Å²) in [5, 5.41) is 4.35. The molecule has 0 saturated carbocycles. The van der Waals surface area contributed by atoms with E-state index in [4.69, 9.17) is 11.6 Å². The summed E-state index contributed by atoms with van der Waals surface area (Å²) in [4.78, 5) is 2.78. The first kappa shape index (κ1) is 13.6. The predicted octanol–water partition coefficient (Wildman–Crippen LogP) is 4.87. The molecule has 1 N–H and O–H groups in total. The molecule has 0 fully saturated rings. The molecule has 0 aliphatic rings. The van der Waals surface area contributed by atoms with E-state index in [1.807, 2.05) is 29.5 Å². The van der Waals surface area contributed by atoms with E-state index in [1.54, 1.807) is 0 Å². The highest BCUT2D eigenvalue weighted by atomic mass is 35.5. The molecule has 1 unspecified atom stereocenters. The fraction of sp³-hybridized carbons (Fsp3) is 0.333. The number of benzene rings is 1. The summed E-state index contributed by atoms with van der Waals surface area (Å²) >= 11 is 8.05. The van der Waals surface area contributed by atoms with Gasteiger partial charge in [-0.05, 0) is 44.0 Å². The lowest BCUT2D eigenvalue weighted by Gasteiger charge is -2.14. The van der Waals surface area contributed by atoms with Gasteiger partial charge in [-0.3, -0.25) is 0 Å². The highest BCUT2D eigenvalue weighted by Crippen LogP contribution is 2.24. The Morgan fingerprint density at radius 1 is 1.28 bits per heavy atom. The van der Waals surface area contributed by atoms with Gasteiger partial charge in [0.2, 0.25) is 0 Å². The molecule has 0 spiro atoms. The molecule has 0 radical (unpaired) electrons. The molecule has 1 atom stereocenters. The Morgan fingerprint density at radius 3 is 2.61 bits per heavy atom. The zero-order valence-electron chi connectivity index (χ0n) is 11.0. The quantitative estimate of drug-likeness (QED) is 0.842. The second-order valence-electron chi connectivity index (χ2n) is 4.58. The summed E-state index contributed by atoms with van der Waals surface area (Å²) in [6, 6.07) is 10.5. The van der Waals surface area contributed by atoms with Gasteiger partial charge in [-0.1, -0.05) is 29.8 Å². The van der Waals surface area contributed by atoms with Crippen LogP contribution in [-0.2, 0) is 6.54 Å². The van der Waals surface area contributed by atoms with Gasteiger partial charge in [0.15, 0.2) is 0 Å². The smallest absolute Gasteiger partial charge is 0.0453 e. The van der Waals surface area contributed by atoms with Crippen molar-refractivity contribution in [1.29, 1.82) is 0 Å². The van der Waals surface area contributed by atoms with Gasteiger partial charge in [-0.2, -0.15) is 0 Å². The highest BCUT2D eigenvalue weighted by molar-refractivity contribution is 7.12. The van der Waals surface area contributed by atoms with Crippen molar-refractivity contribution in [3.63, 3.8) is 0 Å². The maximum Gasteiger partial charge on any atom is 0.0453 e. The van der Waals surface area contributed by atoms with Gasteiger partial charge in [0.05, 0.1) is 0 Å². The van der Waals surface area contributed by atoms with Crippen LogP contribution in [0.2, 0.25) is 5.02 Å². The van der Waals surface area contributed by atoms with Gasteiger partial charge in [0.25, 0.3) is 0 Å². The lowest BCUT2D eigenvalue weighted by Crippen LogP contribution is -2.17. The summed E-state index contributed by atoms with van der Waals surface area (Å²) in [6.07, 6.45) is 0. The number of nitrogens with one attached hydrogen (secondary N) is 1. The first-order valence-corrected chi connectivity index (χ1v) is 7.31. The lowest BCUT2D eigenvalue weighted by molar-refractivity contribution is 0.579. The van der Waals surface area contributed by atoms with Crippen molar-refractivity contribution in [2.45, 2.75) is 33.4 Å². The molecular formula is C15H18ClNS. The molecule has 18 heavy (non-hydrogen) atoms. The van der Waals surface area contributed by atoms with Gasteiger partial charge >= 0.3 is 0 Å². The first-order chi connectivity index (χ1) is 8.58. The maximum absolute atomic E-state index is 6.19. The summed E-state index contributed by atoms with van der Waals surface area (Å²) in [7, 11) is 0. The Kier molecular flexibility index (Phi) is 4.44. The zero-order chi connectivity index (χ0) is 13.1. The average Bonchev–Trinajstić information content (AvgIpc) is 2.66. The molecule has 96 valence electrons. The molecule has 1 aromatic heterocycles. The highest BCUT2D eigenvalue weighted by Gasteiger charge is 2.09. The monoisotopic (exact) mass is 279 g/mol. The minimum Gasteiger partial charge on any atom is -0.305 e. The van der Waals surface area contributed by atoms with E-state index in [2.05, 4.69) is 38.2 Å². The molecule has 2 rings (SSSR count). The van der Waals surface area contributed by atoms with Crippen LogP contribution in [0.5, 0.6) is 0 Å². The van der Waals surface area contributed by atoms with Crippen LogP contribution in [-0.4, -0.2) is 0 Å². The molecule has 0 aliphatic heterocycles. The number of rotatable bonds is 4. The third-order valence-corrected chi connectivity index (χ3v) is 4.67. The second-order valence-corrected chi connectivity index (χ2v) is 6.32. The standard InChI is InChI=1S/C15H18ClNS/c1-10-8-13(18-12(10)3)9-17-11(2)14-6-4-5-7-15(14)16/h4-8,11,17H,9H2,1-3H3. The van der Waals surface area contributed by atoms with Crippen molar-refractivity contribution >= 4 is 22.9 Å². The minimum absolute atomic E-state index is 0.265. The van der Waals surface area contributed by atoms with E-state index in [1.165, 1.54) is 15.3 Å². The SMILES string of the molecule is Cc1cc(CNC(C)c2ccccc2Cl)sc1C. The number of thiophene rings is 1. The number of halogens is 1. The van der Waals surface area contributed by atoms with Crippen molar-refractivity contribution in [2.24, 2.45) is 0 Å². The van der Waals surface area contributed by atoms with Crippen LogP contribution in [0.3, 0.4) is 0 Å². The van der Waals surface area contributed by atoms with Crippen LogP contribution in [0, 0.1) is 13.8 Å². The molecular weight excluding hydrogens is 262 g/mol. The van der Waals surface area contributed by atoms with Crippen molar-refractivity contribution in [2.75, 3.05) is 0 Å². The fourth-order valence-corrected chi connectivity index (χ4v) is 3.23. The van der Waals surface area contributed by atoms with Crippen LogP contribution in [0.1, 0.15) is 33.8 Å². The molecule has 0 amide bonds. The van der Waals surface area contributed by atoms with Crippen molar-refractivity contribution in [1.82, 2.24) is 5.32 Å². The maximum atomic E-state index is 6.19. The number of hydrogen-bond donors (Lipinski definition) is 1. The van der Waals surface area contributed by atoms with Crippen molar-refractivity contribution < 1.29 is 0 Å². The molecule has 1 aromatic carbocycles. The van der Waals surface area contributed by atoms with Gasteiger partial charge in [0, 0.05) is 27.4 Å². The van der Waals surface area contributed by atoms with Gasteiger partial charge in [0.1, 0.15) is 0 Å². The third-order valence-electron chi connectivity index (χ3n) is 3.17. The summed E-state index contributed by atoms with van der Waals surface area (Å²) in [5.74, 6) is 0. The van der Waals surface area contributed by atoms with Crippen LogP contribution < -0.4 is 5.32 Å². The van der Waals surface area contributed by atoms with Gasteiger partial charge in [-0.25, -0.2) is 0 Å². The van der Waals surface area contributed by atoms with Crippen LogP contribution in [0.25, 0.3) is 0 Å². The van der Waals surface area contributed by atoms with Crippen molar-refractivity contribution in [3.8, 4) is 0 Å². The molecule has 1 heterocycles. The normalized spacial score (nSPS) is 12.7. The Bertz CT molecular complexity index is 514. The summed E-state index contributed by atoms with van der Waals surface area (Å²) < 4.78 is 0. The Hall–Kier alpha value is -0.830. The molecule has 0 saturated heterocycles. The second kappa shape index (κ2) is 5.87. The summed E-state index contributed by atoms with van der Waals surface area (Å²) in [5.41, 5.74) is 2.53. The zero-order valence-corrected chi connectivity index (χ0v) is 12.5. The lowest BCUT2D eigenvalue weighted by atomic mass is 10.1. The topological polar surface area (TPSA) is 12.0 Å². The Labute approximate surface area is 118 Å². The average molecular weight is 280 g/mol. The van der Waals surface area contributed by atoms with Crippen LogP contribution in [0.15, 0.2) is 30.3 Å². The van der Waals surface area contributed by atoms with E-state index in [0.717, 1.165) is 17.1 Å². The van der Waals surface area contributed by atoms with Crippen LogP contribution in [0.4, 0.5) is 0 Å². The van der Waals surface area contributed by atoms with E-state index >= 15 is 0 Å². The van der Waals surface area contributed by atoms with Crippen LogP contribution >= 0.6 is 22.9 Å². The summed E-state index contributed by atoms with van der Waals surface area (Å²) in [6.45, 7) is 7.37. The fourth-order valence-electron chi connectivity index (χ4n) is 1.93. The van der Waals surface area contributed by atoms with E-state index in [-0.39, 0.29) is 6.04 Å². The first-order valence-electron chi connectivity index (χ1n) is 6.11. The van der Waals surface area contributed by atoms with Gasteiger partial charge in [-0.15, -0.1) is 11.3 Å². The number of aryl methyl sites for hydroxylation is 2. The third kappa shape index (κ3) is 3.14. The molecule has 3 heteroatoms. The molecule has 0 aliphatic carbocycles. The number of hydrogen-bond acceptors (Lipinski definition) is 2. The Morgan fingerprint density at radius 2 is 2.00 bits per heavy atom. The van der Waals surface area contributed by atoms with E-state index in [9.17, 15) is 0 Å². The molecule has 1 nitrogen and oxygen atoms in total. The predicted molar refractivity (Wildman–Crippen MR) is 80.5 cm³/mol. The van der Waals surface area contributed by atoms with E-state index in [0.29, 0.717) is 0 Å². The Balaban J connectivity index is 2.00. The molecule has 2 aromatic rings. The van der Waals surface area contributed by atoms with E-state index < -0.39 is 0 Å². The largest absolute Gasteiger partial charge is 0.305 e. The van der Waals surface area contributed by atoms with Gasteiger partial charge < -0.3 is 5.32 Å². The minimum atomic E-state index is 0.265. The molecule has 0 bridgehead atoms.